The second-order valence-corrected chi connectivity index (χ2v) is 6.20. The smallest absolute Gasteiger partial charge is 0.350 e. The van der Waals surface area contributed by atoms with Crippen LogP contribution in [0.4, 0.5) is 23.2 Å². The molecule has 0 fully saturated rings. The van der Waals surface area contributed by atoms with E-state index < -0.39 is 28.9 Å². The van der Waals surface area contributed by atoms with Crippen molar-refractivity contribution >= 4 is 34.1 Å². The molecule has 0 aliphatic rings. The van der Waals surface area contributed by atoms with E-state index in [1.165, 1.54) is 22.9 Å². The number of amides is 1. The summed E-state index contributed by atoms with van der Waals surface area (Å²) in [4.78, 5) is 25.0. The quantitative estimate of drug-likeness (QED) is 0.641. The number of carbonyl (C=O) groups excluding carboxylic acids is 1. The lowest BCUT2D eigenvalue weighted by atomic mass is 10.1. The topological polar surface area (TPSA) is 51.1 Å². The van der Waals surface area contributed by atoms with E-state index in [0.29, 0.717) is 11.6 Å². The average Bonchev–Trinajstić information content (AvgIpc) is 2.58. The van der Waals surface area contributed by atoms with E-state index >= 15 is 0 Å². The molecular weight excluding hydrogens is 388 g/mol. The number of alkyl halides is 3. The highest BCUT2D eigenvalue weighted by atomic mass is 35.5. The van der Waals surface area contributed by atoms with E-state index in [2.05, 4.69) is 5.32 Å². The number of pyridine rings is 1. The van der Waals surface area contributed by atoms with Crippen LogP contribution in [-0.4, -0.2) is 10.5 Å². The Hall–Kier alpha value is -2.87. The number of fused-ring (bicyclic) bond motifs is 1. The minimum atomic E-state index is -4.62. The summed E-state index contributed by atoms with van der Waals surface area (Å²) in [7, 11) is 1.55. The molecule has 2 aromatic carbocycles. The summed E-state index contributed by atoms with van der Waals surface area (Å²) in [5, 5.41) is 2.06. The van der Waals surface area contributed by atoms with Gasteiger partial charge in [0.05, 0.1) is 21.8 Å². The van der Waals surface area contributed by atoms with Crippen molar-refractivity contribution < 1.29 is 22.4 Å². The Kier molecular flexibility index (Phi) is 4.69. The molecule has 0 bridgehead atoms. The van der Waals surface area contributed by atoms with Gasteiger partial charge in [-0.15, -0.1) is 0 Å². The van der Waals surface area contributed by atoms with E-state index in [1.54, 1.807) is 7.05 Å². The maximum Gasteiger partial charge on any atom is 0.416 e. The largest absolute Gasteiger partial charge is 0.416 e. The van der Waals surface area contributed by atoms with E-state index in [0.717, 1.165) is 18.2 Å². The molecule has 9 heteroatoms. The molecule has 3 rings (SSSR count). The molecule has 1 heterocycles. The number of benzene rings is 2. The average molecular weight is 399 g/mol. The highest BCUT2D eigenvalue weighted by Gasteiger charge is 2.31. The predicted molar refractivity (Wildman–Crippen MR) is 93.6 cm³/mol. The van der Waals surface area contributed by atoms with Gasteiger partial charge < -0.3 is 9.88 Å². The second-order valence-electron chi connectivity index (χ2n) is 5.79. The molecule has 0 unspecified atom stereocenters. The number of nitrogens with zero attached hydrogens (tertiary/aromatic N) is 1. The highest BCUT2D eigenvalue weighted by molar-refractivity contribution is 6.34. The summed E-state index contributed by atoms with van der Waals surface area (Å²) < 4.78 is 53.4. The van der Waals surface area contributed by atoms with Crippen LogP contribution in [0.5, 0.6) is 0 Å². The SMILES string of the molecule is Cn1cc(C(=O)Nc2cc(C(F)(F)F)ccc2Cl)c(=O)c2cc(F)ccc21. The Bertz CT molecular complexity index is 1120. The zero-order valence-corrected chi connectivity index (χ0v) is 14.5. The highest BCUT2D eigenvalue weighted by Crippen LogP contribution is 2.34. The number of rotatable bonds is 2. The van der Waals surface area contributed by atoms with Gasteiger partial charge >= 0.3 is 6.18 Å². The fourth-order valence-corrected chi connectivity index (χ4v) is 2.78. The maximum absolute atomic E-state index is 13.5. The van der Waals surface area contributed by atoms with Gasteiger partial charge in [0.25, 0.3) is 5.91 Å². The lowest BCUT2D eigenvalue weighted by Crippen LogP contribution is -2.23. The monoisotopic (exact) mass is 398 g/mol. The molecule has 0 spiro atoms. The van der Waals surface area contributed by atoms with Gasteiger partial charge in [-0.2, -0.15) is 13.2 Å². The summed E-state index contributed by atoms with van der Waals surface area (Å²) in [5.74, 6) is -1.61. The first-order valence-corrected chi connectivity index (χ1v) is 7.92. The Labute approximate surface area is 155 Å². The molecule has 0 aliphatic heterocycles. The number of hydrogen-bond acceptors (Lipinski definition) is 2. The van der Waals surface area contributed by atoms with Crippen LogP contribution in [0.3, 0.4) is 0 Å². The minimum Gasteiger partial charge on any atom is -0.350 e. The van der Waals surface area contributed by atoms with Crippen molar-refractivity contribution in [2.75, 3.05) is 5.32 Å². The minimum absolute atomic E-state index is 0.0275. The molecular formula is C18H11ClF4N2O2. The van der Waals surface area contributed by atoms with Crippen LogP contribution in [-0.2, 0) is 13.2 Å². The third-order valence-electron chi connectivity index (χ3n) is 3.94. The van der Waals surface area contributed by atoms with E-state index in [9.17, 15) is 27.2 Å². The second kappa shape index (κ2) is 6.70. The van der Waals surface area contributed by atoms with Crippen molar-refractivity contribution in [1.29, 1.82) is 0 Å². The Morgan fingerprint density at radius 3 is 2.52 bits per heavy atom. The number of halogens is 5. The molecule has 4 nitrogen and oxygen atoms in total. The van der Waals surface area contributed by atoms with Crippen molar-refractivity contribution in [2.24, 2.45) is 7.05 Å². The summed E-state index contributed by atoms with van der Waals surface area (Å²) in [6, 6.07) is 5.99. The number of hydrogen-bond donors (Lipinski definition) is 1. The Morgan fingerprint density at radius 2 is 1.85 bits per heavy atom. The maximum atomic E-state index is 13.5. The summed E-state index contributed by atoms with van der Waals surface area (Å²) in [6.07, 6.45) is -3.40. The van der Waals surface area contributed by atoms with Gasteiger partial charge in [0, 0.05) is 18.6 Å². The van der Waals surface area contributed by atoms with Crippen molar-refractivity contribution in [2.45, 2.75) is 6.18 Å². The van der Waals surface area contributed by atoms with Gasteiger partial charge in [-0.25, -0.2) is 4.39 Å². The lowest BCUT2D eigenvalue weighted by Gasteiger charge is -2.13. The van der Waals surface area contributed by atoms with Crippen LogP contribution in [0.2, 0.25) is 5.02 Å². The van der Waals surface area contributed by atoms with Crippen LogP contribution in [0.15, 0.2) is 47.4 Å². The number of aryl methyl sites for hydroxylation is 1. The summed E-state index contributed by atoms with van der Waals surface area (Å²) in [6.45, 7) is 0. The van der Waals surface area contributed by atoms with E-state index in [-0.39, 0.29) is 21.7 Å². The summed E-state index contributed by atoms with van der Waals surface area (Å²) in [5.41, 5.74) is -2.00. The van der Waals surface area contributed by atoms with Crippen LogP contribution < -0.4 is 10.7 Å². The molecule has 0 saturated heterocycles. The first-order chi connectivity index (χ1) is 12.6. The van der Waals surface area contributed by atoms with Crippen molar-refractivity contribution in [3.8, 4) is 0 Å². The van der Waals surface area contributed by atoms with Crippen LogP contribution >= 0.6 is 11.6 Å². The third kappa shape index (κ3) is 3.66. The molecule has 1 amide bonds. The fourth-order valence-electron chi connectivity index (χ4n) is 2.61. The fraction of sp³-hybridized carbons (Fsp3) is 0.111. The van der Waals surface area contributed by atoms with Gasteiger partial charge in [-0.05, 0) is 36.4 Å². The van der Waals surface area contributed by atoms with Gasteiger partial charge in [-0.1, -0.05) is 11.6 Å². The number of nitrogens with one attached hydrogen (secondary N) is 1. The van der Waals surface area contributed by atoms with E-state index in [1.807, 2.05) is 0 Å². The number of carbonyl (C=O) groups is 1. The van der Waals surface area contributed by atoms with Gasteiger partial charge in [-0.3, -0.25) is 9.59 Å². The number of anilines is 1. The molecule has 0 atom stereocenters. The molecule has 0 aliphatic carbocycles. The zero-order valence-electron chi connectivity index (χ0n) is 13.7. The zero-order chi connectivity index (χ0) is 19.9. The van der Waals surface area contributed by atoms with Gasteiger partial charge in [0.15, 0.2) is 0 Å². The Balaban J connectivity index is 2.05. The molecule has 1 N–H and O–H groups in total. The van der Waals surface area contributed by atoms with E-state index in [4.69, 9.17) is 11.6 Å². The third-order valence-corrected chi connectivity index (χ3v) is 4.27. The predicted octanol–water partition coefficient (Wildman–Crippen LogP) is 4.60. The molecule has 1 aromatic heterocycles. The van der Waals surface area contributed by atoms with Gasteiger partial charge in [0.1, 0.15) is 11.4 Å². The first-order valence-electron chi connectivity index (χ1n) is 7.55. The standard InChI is InChI=1S/C18H11ClF4N2O2/c1-25-8-12(16(26)11-7-10(20)3-5-15(11)25)17(27)24-14-6-9(18(21,22)23)2-4-13(14)19/h2-8H,1H3,(H,24,27). The van der Waals surface area contributed by atoms with Crippen LogP contribution in [0, 0.1) is 5.82 Å². The normalized spacial score (nSPS) is 11.6. The van der Waals surface area contributed by atoms with Crippen molar-refractivity contribution in [1.82, 2.24) is 4.57 Å². The van der Waals surface area contributed by atoms with Gasteiger partial charge in [0.2, 0.25) is 5.43 Å². The molecule has 0 radical (unpaired) electrons. The summed E-state index contributed by atoms with van der Waals surface area (Å²) >= 11 is 5.85. The first kappa shape index (κ1) is 18.9. The van der Waals surface area contributed by atoms with Crippen LogP contribution in [0.25, 0.3) is 10.9 Å². The molecule has 27 heavy (non-hydrogen) atoms. The van der Waals surface area contributed by atoms with Crippen molar-refractivity contribution in [3.63, 3.8) is 0 Å². The van der Waals surface area contributed by atoms with Crippen molar-refractivity contribution in [3.05, 3.63) is 74.8 Å². The molecule has 140 valence electrons. The Morgan fingerprint density at radius 1 is 1.15 bits per heavy atom. The van der Waals surface area contributed by atoms with Crippen LogP contribution in [0.1, 0.15) is 15.9 Å². The number of aromatic nitrogens is 1. The molecule has 3 aromatic rings. The molecule has 0 saturated carbocycles. The lowest BCUT2D eigenvalue weighted by molar-refractivity contribution is -0.137.